The fourth-order valence-corrected chi connectivity index (χ4v) is 3.58. The highest BCUT2D eigenvalue weighted by Crippen LogP contribution is 2.28. The molecule has 1 heterocycles. The number of methoxy groups -OCH3 is 1. The van der Waals surface area contributed by atoms with Crippen molar-refractivity contribution in [3.05, 3.63) is 65.5 Å². The predicted octanol–water partition coefficient (Wildman–Crippen LogP) is 4.26. The molecule has 0 radical (unpaired) electrons. The molecule has 1 atom stereocenters. The molecule has 2 aromatic carbocycles. The van der Waals surface area contributed by atoms with Crippen molar-refractivity contribution in [3.8, 4) is 11.4 Å². The first-order valence-corrected chi connectivity index (χ1v) is 9.20. The summed E-state index contributed by atoms with van der Waals surface area (Å²) in [4.78, 5) is 12.9. The van der Waals surface area contributed by atoms with E-state index in [0.717, 1.165) is 28.1 Å². The van der Waals surface area contributed by atoms with Crippen LogP contribution in [0.3, 0.4) is 0 Å². The van der Waals surface area contributed by atoms with Gasteiger partial charge in [0, 0.05) is 11.6 Å². The first-order chi connectivity index (χ1) is 12.5. The molecule has 134 valence electrons. The Hall–Kier alpha value is -2.60. The minimum absolute atomic E-state index is 0.0939. The number of aromatic nitrogens is 3. The number of carbonyl (C=O) groups is 1. The van der Waals surface area contributed by atoms with Crippen LogP contribution in [0.4, 0.5) is 0 Å². The highest BCUT2D eigenvalue weighted by Gasteiger charge is 2.21. The first-order valence-electron chi connectivity index (χ1n) is 8.32. The van der Waals surface area contributed by atoms with Crippen molar-refractivity contribution < 1.29 is 9.53 Å². The average molecular weight is 367 g/mol. The number of carbonyl (C=O) groups excluding carboxylic acids is 1. The van der Waals surface area contributed by atoms with Gasteiger partial charge in [0.2, 0.25) is 0 Å². The molecule has 0 bridgehead atoms. The predicted molar refractivity (Wildman–Crippen MR) is 103 cm³/mol. The second-order valence-corrected chi connectivity index (χ2v) is 7.44. The van der Waals surface area contributed by atoms with E-state index in [-0.39, 0.29) is 11.0 Å². The molecule has 0 aliphatic rings. The SMILES string of the molecule is COc1cccc(-n2cnnc2SC(C)C(=O)c2cc(C)ccc2C)c1. The minimum Gasteiger partial charge on any atom is -0.497 e. The topological polar surface area (TPSA) is 57.0 Å². The number of aryl methyl sites for hydroxylation is 2. The molecule has 26 heavy (non-hydrogen) atoms. The van der Waals surface area contributed by atoms with E-state index in [1.807, 2.05) is 67.8 Å². The second-order valence-electron chi connectivity index (χ2n) is 6.13. The summed E-state index contributed by atoms with van der Waals surface area (Å²) in [6.07, 6.45) is 1.65. The van der Waals surface area contributed by atoms with E-state index in [1.54, 1.807) is 13.4 Å². The monoisotopic (exact) mass is 367 g/mol. The van der Waals surface area contributed by atoms with E-state index in [1.165, 1.54) is 11.8 Å². The van der Waals surface area contributed by atoms with Crippen molar-refractivity contribution in [3.63, 3.8) is 0 Å². The van der Waals surface area contributed by atoms with Crippen molar-refractivity contribution in [1.29, 1.82) is 0 Å². The van der Waals surface area contributed by atoms with Crippen molar-refractivity contribution >= 4 is 17.5 Å². The van der Waals surface area contributed by atoms with Crippen LogP contribution in [0, 0.1) is 13.8 Å². The Labute approximate surface area is 157 Å². The van der Waals surface area contributed by atoms with E-state index >= 15 is 0 Å². The lowest BCUT2D eigenvalue weighted by molar-refractivity contribution is 0.0993. The largest absolute Gasteiger partial charge is 0.497 e. The Morgan fingerprint density at radius 2 is 2.00 bits per heavy atom. The summed E-state index contributed by atoms with van der Waals surface area (Å²) in [5.41, 5.74) is 3.72. The molecule has 1 unspecified atom stereocenters. The standard InChI is InChI=1S/C20H21N3O2S/c1-13-8-9-14(2)18(10-13)19(24)15(3)26-20-22-21-12-23(20)16-6-5-7-17(11-16)25-4/h5-12,15H,1-4H3. The van der Waals surface area contributed by atoms with Crippen LogP contribution < -0.4 is 4.74 Å². The molecule has 1 aromatic heterocycles. The Morgan fingerprint density at radius 3 is 2.77 bits per heavy atom. The number of benzene rings is 2. The molecular formula is C20H21N3O2S. The number of hydrogen-bond acceptors (Lipinski definition) is 5. The van der Waals surface area contributed by atoms with Crippen LogP contribution >= 0.6 is 11.8 Å². The molecule has 0 fully saturated rings. The maximum Gasteiger partial charge on any atom is 0.196 e. The Bertz CT molecular complexity index is 936. The Morgan fingerprint density at radius 1 is 1.19 bits per heavy atom. The molecule has 0 N–H and O–H groups in total. The summed E-state index contributed by atoms with van der Waals surface area (Å²) < 4.78 is 7.14. The van der Waals surface area contributed by atoms with Gasteiger partial charge < -0.3 is 4.74 Å². The van der Waals surface area contributed by atoms with Crippen LogP contribution in [0.5, 0.6) is 5.75 Å². The summed E-state index contributed by atoms with van der Waals surface area (Å²) >= 11 is 1.40. The van der Waals surface area contributed by atoms with Crippen LogP contribution in [0.1, 0.15) is 28.4 Å². The maximum atomic E-state index is 12.9. The number of ketones is 1. The lowest BCUT2D eigenvalue weighted by atomic mass is 10.0. The van der Waals surface area contributed by atoms with Gasteiger partial charge in [-0.2, -0.15) is 0 Å². The fourth-order valence-electron chi connectivity index (χ4n) is 2.67. The van der Waals surface area contributed by atoms with Crippen molar-refractivity contribution in [2.24, 2.45) is 0 Å². The van der Waals surface area contributed by atoms with Crippen LogP contribution in [0.2, 0.25) is 0 Å². The first kappa shape index (κ1) is 18.2. The van der Waals surface area contributed by atoms with Gasteiger partial charge in [-0.25, -0.2) is 0 Å². The zero-order valence-electron chi connectivity index (χ0n) is 15.3. The van der Waals surface area contributed by atoms with Crippen molar-refractivity contribution in [2.75, 3.05) is 7.11 Å². The number of Topliss-reactive ketones (excluding diaryl/α,β-unsaturated/α-hetero) is 1. The fraction of sp³-hybridized carbons (Fsp3) is 0.250. The minimum atomic E-state index is -0.274. The van der Waals surface area contributed by atoms with E-state index in [2.05, 4.69) is 10.2 Å². The molecule has 5 nitrogen and oxygen atoms in total. The van der Waals surface area contributed by atoms with Crippen molar-refractivity contribution in [2.45, 2.75) is 31.2 Å². The molecule has 3 aromatic rings. The highest BCUT2D eigenvalue weighted by molar-refractivity contribution is 8.00. The lowest BCUT2D eigenvalue weighted by Crippen LogP contribution is -2.16. The second kappa shape index (κ2) is 7.74. The maximum absolute atomic E-state index is 12.9. The van der Waals surface area contributed by atoms with Crippen LogP contribution in [0.25, 0.3) is 5.69 Å². The highest BCUT2D eigenvalue weighted by atomic mass is 32.2. The number of nitrogens with zero attached hydrogens (tertiary/aromatic N) is 3. The number of ether oxygens (including phenoxy) is 1. The molecule has 0 aliphatic heterocycles. The summed E-state index contributed by atoms with van der Waals surface area (Å²) in [7, 11) is 1.63. The molecule has 0 amide bonds. The molecule has 0 saturated carbocycles. The van der Waals surface area contributed by atoms with E-state index < -0.39 is 0 Å². The van der Waals surface area contributed by atoms with Crippen LogP contribution in [-0.4, -0.2) is 32.9 Å². The van der Waals surface area contributed by atoms with Gasteiger partial charge in [0.15, 0.2) is 10.9 Å². The average Bonchev–Trinajstić information content (AvgIpc) is 3.11. The van der Waals surface area contributed by atoms with E-state index in [4.69, 9.17) is 4.74 Å². The summed E-state index contributed by atoms with van der Waals surface area (Å²) in [5, 5.41) is 8.59. The summed E-state index contributed by atoms with van der Waals surface area (Å²) in [6, 6.07) is 13.6. The number of rotatable bonds is 6. The van der Waals surface area contributed by atoms with Gasteiger partial charge in [0.25, 0.3) is 0 Å². The Balaban J connectivity index is 1.84. The zero-order valence-corrected chi connectivity index (χ0v) is 16.1. The van der Waals surface area contributed by atoms with Crippen LogP contribution in [-0.2, 0) is 0 Å². The van der Waals surface area contributed by atoms with Gasteiger partial charge in [-0.3, -0.25) is 9.36 Å². The van der Waals surface area contributed by atoms with Gasteiger partial charge in [-0.1, -0.05) is 35.5 Å². The molecule has 0 aliphatic carbocycles. The van der Waals surface area contributed by atoms with Crippen molar-refractivity contribution in [1.82, 2.24) is 14.8 Å². The summed E-state index contributed by atoms with van der Waals surface area (Å²) in [6.45, 7) is 5.86. The lowest BCUT2D eigenvalue weighted by Gasteiger charge is -2.13. The van der Waals surface area contributed by atoms with Gasteiger partial charge in [0.05, 0.1) is 18.0 Å². The molecule has 0 saturated heterocycles. The number of thioether (sulfide) groups is 1. The smallest absolute Gasteiger partial charge is 0.196 e. The third kappa shape index (κ3) is 3.80. The third-order valence-corrected chi connectivity index (χ3v) is 5.21. The number of hydrogen-bond donors (Lipinski definition) is 0. The molecule has 6 heteroatoms. The summed E-state index contributed by atoms with van der Waals surface area (Å²) in [5.74, 6) is 0.850. The van der Waals surface area contributed by atoms with Gasteiger partial charge in [0.1, 0.15) is 12.1 Å². The van der Waals surface area contributed by atoms with Gasteiger partial charge in [-0.05, 0) is 44.5 Å². The zero-order chi connectivity index (χ0) is 18.7. The molecular weight excluding hydrogens is 346 g/mol. The molecule has 3 rings (SSSR count). The third-order valence-electron chi connectivity index (χ3n) is 4.16. The van der Waals surface area contributed by atoms with E-state index in [9.17, 15) is 4.79 Å². The van der Waals surface area contributed by atoms with Gasteiger partial charge >= 0.3 is 0 Å². The van der Waals surface area contributed by atoms with E-state index in [0.29, 0.717) is 5.16 Å². The quantitative estimate of drug-likeness (QED) is 0.481. The normalized spacial score (nSPS) is 12.0. The van der Waals surface area contributed by atoms with Gasteiger partial charge in [-0.15, -0.1) is 10.2 Å². The Kier molecular flexibility index (Phi) is 5.42. The van der Waals surface area contributed by atoms with Crippen LogP contribution in [0.15, 0.2) is 53.9 Å². The molecule has 0 spiro atoms.